The highest BCUT2D eigenvalue weighted by Gasteiger charge is 2.01. The van der Waals surface area contributed by atoms with Crippen LogP contribution < -0.4 is 0 Å². The van der Waals surface area contributed by atoms with Crippen molar-refractivity contribution in [1.82, 2.24) is 9.97 Å². The number of carbonyl (C=O) groups is 2. The van der Waals surface area contributed by atoms with Crippen molar-refractivity contribution in [1.29, 1.82) is 0 Å². The summed E-state index contributed by atoms with van der Waals surface area (Å²) in [5, 5.41) is 0. The Morgan fingerprint density at radius 3 is 1.27 bits per heavy atom. The van der Waals surface area contributed by atoms with Crippen LogP contribution in [-0.4, -0.2) is 21.5 Å². The molecular formula is C22H16N2O2. The molecule has 0 radical (unpaired) electrons. The minimum atomic E-state index is -0.0701. The average Bonchev–Trinajstić information content (AvgIpc) is 2.72. The first-order valence-corrected chi connectivity index (χ1v) is 8.07. The molecule has 0 saturated carbocycles. The van der Waals surface area contributed by atoms with Crippen LogP contribution in [-0.2, 0) is 0 Å². The third-order valence-corrected chi connectivity index (χ3v) is 3.72. The van der Waals surface area contributed by atoms with Gasteiger partial charge in [0.25, 0.3) is 0 Å². The zero-order chi connectivity index (χ0) is 18.2. The summed E-state index contributed by atoms with van der Waals surface area (Å²) in [5.41, 5.74) is 3.02. The zero-order valence-corrected chi connectivity index (χ0v) is 13.9. The van der Waals surface area contributed by atoms with Crippen molar-refractivity contribution in [3.05, 3.63) is 108 Å². The summed E-state index contributed by atoms with van der Waals surface area (Å²) in [7, 11) is 0. The van der Waals surface area contributed by atoms with Gasteiger partial charge in [0.1, 0.15) is 0 Å². The average molecular weight is 340 g/mol. The second-order valence-corrected chi connectivity index (χ2v) is 5.53. The van der Waals surface area contributed by atoms with Gasteiger partial charge in [0.2, 0.25) is 0 Å². The fourth-order valence-electron chi connectivity index (χ4n) is 2.29. The van der Waals surface area contributed by atoms with Crippen molar-refractivity contribution < 1.29 is 9.59 Å². The summed E-state index contributed by atoms with van der Waals surface area (Å²) in [4.78, 5) is 31.8. The number of aromatic nitrogens is 2. The van der Waals surface area contributed by atoms with Gasteiger partial charge in [-0.3, -0.25) is 19.6 Å². The van der Waals surface area contributed by atoms with Gasteiger partial charge in [-0.05, 0) is 47.5 Å². The molecule has 0 unspecified atom stereocenters. The summed E-state index contributed by atoms with van der Waals surface area (Å²) in [5.74, 6) is -0.140. The summed E-state index contributed by atoms with van der Waals surface area (Å²) >= 11 is 0. The number of hydrogen-bond donors (Lipinski definition) is 0. The van der Waals surface area contributed by atoms with Gasteiger partial charge in [0, 0.05) is 35.9 Å². The lowest BCUT2D eigenvalue weighted by atomic mass is 10.1. The van der Waals surface area contributed by atoms with E-state index < -0.39 is 0 Å². The molecule has 3 aromatic rings. The molecule has 4 nitrogen and oxygen atoms in total. The van der Waals surface area contributed by atoms with Crippen LogP contribution in [0, 0.1) is 0 Å². The van der Waals surface area contributed by atoms with Crippen molar-refractivity contribution in [2.45, 2.75) is 0 Å². The van der Waals surface area contributed by atoms with E-state index in [0.717, 1.165) is 11.1 Å². The molecule has 2 heterocycles. The highest BCUT2D eigenvalue weighted by molar-refractivity contribution is 6.07. The molecule has 2 aromatic heterocycles. The van der Waals surface area contributed by atoms with E-state index in [2.05, 4.69) is 9.97 Å². The highest BCUT2D eigenvalue weighted by Crippen LogP contribution is 2.10. The maximum atomic E-state index is 12.0. The molecule has 1 aromatic carbocycles. The zero-order valence-electron chi connectivity index (χ0n) is 13.9. The molecule has 126 valence electrons. The van der Waals surface area contributed by atoms with Gasteiger partial charge in [-0.1, -0.05) is 36.4 Å². The van der Waals surface area contributed by atoms with E-state index in [1.165, 1.54) is 12.2 Å². The predicted molar refractivity (Wildman–Crippen MR) is 102 cm³/mol. The Balaban J connectivity index is 1.63. The van der Waals surface area contributed by atoms with Crippen LogP contribution in [0.15, 0.2) is 85.5 Å². The van der Waals surface area contributed by atoms with E-state index in [0.29, 0.717) is 11.1 Å². The quantitative estimate of drug-likeness (QED) is 0.497. The van der Waals surface area contributed by atoms with Crippen LogP contribution in [0.25, 0.3) is 12.2 Å². The first-order valence-electron chi connectivity index (χ1n) is 8.07. The number of ketones is 2. The fourth-order valence-corrected chi connectivity index (χ4v) is 2.29. The van der Waals surface area contributed by atoms with Gasteiger partial charge in [0.15, 0.2) is 11.6 Å². The third-order valence-electron chi connectivity index (χ3n) is 3.72. The van der Waals surface area contributed by atoms with E-state index in [1.54, 1.807) is 61.2 Å². The number of pyridine rings is 2. The van der Waals surface area contributed by atoms with Crippen LogP contribution in [0.4, 0.5) is 0 Å². The van der Waals surface area contributed by atoms with E-state index in [9.17, 15) is 9.59 Å². The Kier molecular flexibility index (Phi) is 5.58. The van der Waals surface area contributed by atoms with Crippen molar-refractivity contribution in [3.8, 4) is 0 Å². The van der Waals surface area contributed by atoms with Gasteiger partial charge in [0.05, 0.1) is 0 Å². The maximum Gasteiger partial charge on any atom is 0.185 e. The second-order valence-electron chi connectivity index (χ2n) is 5.53. The lowest BCUT2D eigenvalue weighted by Crippen LogP contribution is -1.93. The number of hydrogen-bond acceptors (Lipinski definition) is 4. The summed E-state index contributed by atoms with van der Waals surface area (Å²) in [6.07, 6.45) is 13.0. The van der Waals surface area contributed by atoms with E-state index >= 15 is 0 Å². The van der Waals surface area contributed by atoms with Crippen LogP contribution in [0.1, 0.15) is 31.8 Å². The molecule has 0 aliphatic carbocycles. The Bertz CT molecular complexity index is 864. The SMILES string of the molecule is O=C(/C=C\c1ccc(/C=C/C(=O)c2ccncc2)cc1)c1ccncc1. The van der Waals surface area contributed by atoms with Crippen molar-refractivity contribution >= 4 is 23.7 Å². The van der Waals surface area contributed by atoms with E-state index in [1.807, 2.05) is 24.3 Å². The smallest absolute Gasteiger partial charge is 0.185 e. The molecule has 0 saturated heterocycles. The molecule has 0 aliphatic rings. The lowest BCUT2D eigenvalue weighted by Gasteiger charge is -1.97. The Hall–Kier alpha value is -3.66. The molecule has 0 spiro atoms. The largest absolute Gasteiger partial charge is 0.289 e. The first-order chi connectivity index (χ1) is 12.7. The van der Waals surface area contributed by atoms with E-state index in [4.69, 9.17) is 0 Å². The molecule has 4 heteroatoms. The molecular weight excluding hydrogens is 324 g/mol. The number of benzene rings is 1. The van der Waals surface area contributed by atoms with E-state index in [-0.39, 0.29) is 11.6 Å². The monoisotopic (exact) mass is 340 g/mol. The Labute approximate surface area is 151 Å². The van der Waals surface area contributed by atoms with Crippen LogP contribution in [0.2, 0.25) is 0 Å². The molecule has 0 amide bonds. The minimum absolute atomic E-state index is 0.0701. The Morgan fingerprint density at radius 1 is 0.577 bits per heavy atom. The first kappa shape index (κ1) is 17.2. The molecule has 0 N–H and O–H groups in total. The topological polar surface area (TPSA) is 59.9 Å². The van der Waals surface area contributed by atoms with Crippen LogP contribution in [0.5, 0.6) is 0 Å². The fraction of sp³-hybridized carbons (Fsp3) is 0. The second kappa shape index (κ2) is 8.44. The summed E-state index contributed by atoms with van der Waals surface area (Å²) in [6, 6.07) is 14.3. The van der Waals surface area contributed by atoms with Crippen molar-refractivity contribution in [3.63, 3.8) is 0 Å². The summed E-state index contributed by atoms with van der Waals surface area (Å²) < 4.78 is 0. The molecule has 0 aliphatic heterocycles. The molecule has 3 rings (SSSR count). The molecule has 0 bridgehead atoms. The molecule has 0 fully saturated rings. The minimum Gasteiger partial charge on any atom is -0.289 e. The van der Waals surface area contributed by atoms with Gasteiger partial charge >= 0.3 is 0 Å². The normalized spacial score (nSPS) is 11.1. The van der Waals surface area contributed by atoms with Gasteiger partial charge in [-0.15, -0.1) is 0 Å². The number of nitrogens with zero attached hydrogens (tertiary/aromatic N) is 2. The standard InChI is InChI=1S/C22H16N2O2/c25-21(19-9-13-23-14-10-19)7-5-17-1-2-18(4-3-17)6-8-22(26)20-11-15-24-16-12-20/h1-16H/b7-5-,8-6+. The number of allylic oxidation sites excluding steroid dienone is 2. The maximum absolute atomic E-state index is 12.0. The third kappa shape index (κ3) is 4.68. The van der Waals surface area contributed by atoms with Crippen LogP contribution >= 0.6 is 0 Å². The molecule has 26 heavy (non-hydrogen) atoms. The Morgan fingerprint density at radius 2 is 0.923 bits per heavy atom. The van der Waals surface area contributed by atoms with Gasteiger partial charge < -0.3 is 0 Å². The van der Waals surface area contributed by atoms with Crippen molar-refractivity contribution in [2.24, 2.45) is 0 Å². The van der Waals surface area contributed by atoms with Gasteiger partial charge in [-0.2, -0.15) is 0 Å². The van der Waals surface area contributed by atoms with Gasteiger partial charge in [-0.25, -0.2) is 0 Å². The predicted octanol–water partition coefficient (Wildman–Crippen LogP) is 4.27. The van der Waals surface area contributed by atoms with Crippen molar-refractivity contribution in [2.75, 3.05) is 0 Å². The summed E-state index contributed by atoms with van der Waals surface area (Å²) in [6.45, 7) is 0. The molecule has 0 atom stereocenters. The lowest BCUT2D eigenvalue weighted by molar-refractivity contribution is 0.103. The van der Waals surface area contributed by atoms with Crippen LogP contribution in [0.3, 0.4) is 0 Å². The number of carbonyl (C=O) groups excluding carboxylic acids is 2. The highest BCUT2D eigenvalue weighted by atomic mass is 16.1. The number of rotatable bonds is 6.